The molecule has 3 heterocycles. The summed E-state index contributed by atoms with van der Waals surface area (Å²) in [6.07, 6.45) is 5.37. The lowest BCUT2D eigenvalue weighted by Gasteiger charge is -2.33. The van der Waals surface area contributed by atoms with Gasteiger partial charge in [0.1, 0.15) is 17.7 Å². The lowest BCUT2D eigenvalue weighted by molar-refractivity contribution is 0.210. The molecular weight excluding hydrogens is 443 g/mol. The second-order valence-corrected chi connectivity index (χ2v) is 10.3. The number of anilines is 2. The van der Waals surface area contributed by atoms with Gasteiger partial charge < -0.3 is 24.8 Å². The number of nitrogens with one attached hydrogen (secondary N) is 1. The zero-order valence-electron chi connectivity index (χ0n) is 21.2. The maximum Gasteiger partial charge on any atom is 0.227 e. The Morgan fingerprint density at radius 1 is 1.11 bits per heavy atom. The summed E-state index contributed by atoms with van der Waals surface area (Å²) in [6.45, 7) is 4.15. The maximum atomic E-state index is 14.0. The number of benzene rings is 1. The molecular formula is C27H37FN6O. The Kier molecular flexibility index (Phi) is 7.26. The molecule has 2 aromatic rings. The number of nitrogens with zero attached hydrogens (tertiary/aromatic N) is 5. The molecule has 35 heavy (non-hydrogen) atoms. The average molecular weight is 481 g/mol. The van der Waals surface area contributed by atoms with Gasteiger partial charge in [-0.05, 0) is 58.3 Å². The molecule has 3 aliphatic rings. The predicted octanol–water partition coefficient (Wildman–Crippen LogP) is 3.53. The van der Waals surface area contributed by atoms with Crippen LogP contribution in [0, 0.1) is 11.8 Å². The lowest BCUT2D eigenvalue weighted by atomic mass is 10.0. The topological polar surface area (TPSA) is 56.8 Å². The fourth-order valence-electron chi connectivity index (χ4n) is 5.04. The van der Waals surface area contributed by atoms with Gasteiger partial charge >= 0.3 is 0 Å². The Morgan fingerprint density at radius 3 is 2.57 bits per heavy atom. The van der Waals surface area contributed by atoms with Crippen LogP contribution in [-0.2, 0) is 0 Å². The number of likely N-dealkylation sites (tertiary alicyclic amines) is 1. The number of ether oxygens (including phenoxy) is 1. The molecule has 0 spiro atoms. The van der Waals surface area contributed by atoms with Crippen LogP contribution in [0.2, 0.25) is 0 Å². The van der Waals surface area contributed by atoms with Crippen molar-refractivity contribution in [3.63, 3.8) is 0 Å². The molecule has 0 bridgehead atoms. The number of rotatable bonds is 7. The third-order valence-electron chi connectivity index (χ3n) is 7.26. The van der Waals surface area contributed by atoms with Crippen molar-refractivity contribution in [2.24, 2.45) is 0 Å². The Bertz CT molecular complexity index is 1100. The maximum absolute atomic E-state index is 14.0. The lowest BCUT2D eigenvalue weighted by Crippen LogP contribution is -2.40. The van der Waals surface area contributed by atoms with E-state index in [9.17, 15) is 4.39 Å². The number of methoxy groups -OCH3 is 1. The van der Waals surface area contributed by atoms with Gasteiger partial charge in [-0.2, -0.15) is 4.98 Å². The largest absolute Gasteiger partial charge is 0.495 e. The number of alkyl halides is 1. The van der Waals surface area contributed by atoms with Gasteiger partial charge in [0.05, 0.1) is 24.7 Å². The van der Waals surface area contributed by atoms with E-state index in [-0.39, 0.29) is 0 Å². The van der Waals surface area contributed by atoms with Crippen LogP contribution in [-0.4, -0.2) is 92.0 Å². The van der Waals surface area contributed by atoms with Gasteiger partial charge in [-0.25, -0.2) is 9.37 Å². The molecule has 0 radical (unpaired) electrons. The normalized spacial score (nSPS) is 21.4. The number of piperidine rings is 1. The average Bonchev–Trinajstić information content (AvgIpc) is 3.61. The van der Waals surface area contributed by atoms with Crippen LogP contribution in [0.1, 0.15) is 44.1 Å². The van der Waals surface area contributed by atoms with Crippen molar-refractivity contribution in [1.29, 1.82) is 0 Å². The van der Waals surface area contributed by atoms with Gasteiger partial charge in [-0.15, -0.1) is 0 Å². The first-order valence-electron chi connectivity index (χ1n) is 12.9. The molecule has 1 unspecified atom stereocenters. The summed E-state index contributed by atoms with van der Waals surface area (Å²) in [5.41, 5.74) is 1.63. The highest BCUT2D eigenvalue weighted by atomic mass is 19.1. The third-order valence-corrected chi connectivity index (χ3v) is 7.26. The van der Waals surface area contributed by atoms with Crippen LogP contribution in [0.4, 0.5) is 16.2 Å². The van der Waals surface area contributed by atoms with Crippen molar-refractivity contribution in [2.45, 2.75) is 56.8 Å². The Morgan fingerprint density at radius 2 is 1.91 bits per heavy atom. The fourth-order valence-corrected chi connectivity index (χ4v) is 5.04. The van der Waals surface area contributed by atoms with Crippen molar-refractivity contribution < 1.29 is 9.13 Å². The molecule has 1 aliphatic carbocycles. The second kappa shape index (κ2) is 10.5. The molecule has 1 aromatic carbocycles. The molecule has 1 aromatic heterocycles. The molecule has 8 heteroatoms. The molecule has 2 saturated heterocycles. The minimum absolute atomic E-state index is 0.345. The highest BCUT2D eigenvalue weighted by molar-refractivity contribution is 5.93. The van der Waals surface area contributed by atoms with Crippen molar-refractivity contribution >= 4 is 22.7 Å². The van der Waals surface area contributed by atoms with Crippen molar-refractivity contribution in [1.82, 2.24) is 19.8 Å². The molecule has 1 atom stereocenters. The fraction of sp³-hybridized carbons (Fsp3) is 0.630. The monoisotopic (exact) mass is 480 g/mol. The molecule has 2 aliphatic heterocycles. The van der Waals surface area contributed by atoms with Gasteiger partial charge in [0, 0.05) is 50.1 Å². The minimum atomic E-state index is -0.827. The summed E-state index contributed by atoms with van der Waals surface area (Å²) in [5.74, 6) is 8.64. The Labute approximate surface area is 208 Å². The SMILES string of the molecule is COc1cc2c(NC3CCN(C4CC4)CC3)nc(N3CCC(F)C3)nc2cc1C#CCCN(C)C. The Balaban J connectivity index is 1.45. The summed E-state index contributed by atoms with van der Waals surface area (Å²) < 4.78 is 19.7. The number of hydrogen-bond acceptors (Lipinski definition) is 7. The molecule has 188 valence electrons. The summed E-state index contributed by atoms with van der Waals surface area (Å²) in [7, 11) is 5.76. The van der Waals surface area contributed by atoms with Gasteiger partial charge in [0.15, 0.2) is 0 Å². The highest BCUT2D eigenvalue weighted by Crippen LogP contribution is 2.34. The van der Waals surface area contributed by atoms with E-state index in [0.717, 1.165) is 73.0 Å². The Hall–Kier alpha value is -2.63. The third kappa shape index (κ3) is 5.79. The van der Waals surface area contributed by atoms with Crippen LogP contribution in [0.3, 0.4) is 0 Å². The van der Waals surface area contributed by atoms with E-state index in [1.807, 2.05) is 31.1 Å². The van der Waals surface area contributed by atoms with Crippen molar-refractivity contribution in [3.8, 4) is 17.6 Å². The van der Waals surface area contributed by atoms with Crippen LogP contribution in [0.25, 0.3) is 10.9 Å². The zero-order valence-corrected chi connectivity index (χ0v) is 21.2. The number of halogens is 1. The molecule has 1 saturated carbocycles. The first-order chi connectivity index (χ1) is 17.0. The van der Waals surface area contributed by atoms with Crippen LogP contribution in [0.15, 0.2) is 12.1 Å². The summed E-state index contributed by atoms with van der Waals surface area (Å²) in [5, 5.41) is 4.64. The second-order valence-electron chi connectivity index (χ2n) is 10.3. The molecule has 5 rings (SSSR count). The summed E-state index contributed by atoms with van der Waals surface area (Å²) >= 11 is 0. The van der Waals surface area contributed by atoms with Crippen molar-refractivity contribution in [2.75, 3.05) is 64.1 Å². The highest BCUT2D eigenvalue weighted by Gasteiger charge is 2.32. The van der Waals surface area contributed by atoms with Gasteiger partial charge in [-0.3, -0.25) is 0 Å². The number of aromatic nitrogens is 2. The van der Waals surface area contributed by atoms with Crippen molar-refractivity contribution in [3.05, 3.63) is 17.7 Å². The summed E-state index contributed by atoms with van der Waals surface area (Å²) in [6, 6.07) is 5.16. The van der Waals surface area contributed by atoms with Gasteiger partial charge in [-0.1, -0.05) is 11.8 Å². The zero-order chi connectivity index (χ0) is 24.4. The first kappa shape index (κ1) is 24.1. The van der Waals surface area contributed by atoms with Crippen LogP contribution in [0.5, 0.6) is 5.75 Å². The summed E-state index contributed by atoms with van der Waals surface area (Å²) in [4.78, 5) is 16.5. The first-order valence-corrected chi connectivity index (χ1v) is 12.9. The van der Waals surface area contributed by atoms with E-state index >= 15 is 0 Å². The molecule has 3 fully saturated rings. The van der Waals surface area contributed by atoms with Gasteiger partial charge in [0.25, 0.3) is 0 Å². The molecule has 7 nitrogen and oxygen atoms in total. The minimum Gasteiger partial charge on any atom is -0.495 e. The van der Waals surface area contributed by atoms with Crippen LogP contribution >= 0.6 is 0 Å². The van der Waals surface area contributed by atoms with E-state index in [1.165, 1.54) is 12.8 Å². The van der Waals surface area contributed by atoms with E-state index in [4.69, 9.17) is 14.7 Å². The van der Waals surface area contributed by atoms with E-state index in [1.54, 1.807) is 7.11 Å². The quantitative estimate of drug-likeness (QED) is 0.609. The number of fused-ring (bicyclic) bond motifs is 1. The molecule has 1 N–H and O–H groups in total. The van der Waals surface area contributed by atoms with Gasteiger partial charge in [0.2, 0.25) is 5.95 Å². The predicted molar refractivity (Wildman–Crippen MR) is 139 cm³/mol. The molecule has 0 amide bonds. The number of hydrogen-bond donors (Lipinski definition) is 1. The van der Waals surface area contributed by atoms with E-state index in [0.29, 0.717) is 31.5 Å². The van der Waals surface area contributed by atoms with E-state index < -0.39 is 6.17 Å². The van der Waals surface area contributed by atoms with E-state index in [2.05, 4.69) is 27.0 Å². The smallest absolute Gasteiger partial charge is 0.227 e. The standard InChI is InChI=1S/C27H37FN6O/c1-32(2)12-5-4-6-19-16-24-23(17-25(19)35-3)26(31-27(30-24)34-13-9-20(28)18-34)29-21-10-14-33(15-11-21)22-7-8-22/h16-17,20-22H,5,7-15,18H2,1-3H3,(H,29,30,31). The van der Waals surface area contributed by atoms with Crippen LogP contribution < -0.4 is 15.0 Å².